The molecule has 2 N–H and O–H groups in total. The van der Waals surface area contributed by atoms with Gasteiger partial charge in [0.05, 0.1) is 13.2 Å². The molecule has 84 valence electrons. The number of ether oxygens (including phenoxy) is 2. The van der Waals surface area contributed by atoms with Crippen molar-refractivity contribution < 1.29 is 14.3 Å². The molecule has 1 rings (SSSR count). The van der Waals surface area contributed by atoms with Gasteiger partial charge in [0.25, 0.3) is 0 Å². The second-order valence-corrected chi connectivity index (χ2v) is 3.11. The lowest BCUT2D eigenvalue weighted by Gasteiger charge is -2.06. The van der Waals surface area contributed by atoms with Crippen LogP contribution in [0.5, 0.6) is 5.75 Å². The highest BCUT2D eigenvalue weighted by Crippen LogP contribution is 2.12. The molecule has 0 aliphatic rings. The summed E-state index contributed by atoms with van der Waals surface area (Å²) < 4.78 is 10.3. The van der Waals surface area contributed by atoms with E-state index >= 15 is 0 Å². The summed E-state index contributed by atoms with van der Waals surface area (Å²) in [6.07, 6.45) is 0.814. The van der Waals surface area contributed by atoms with Crippen molar-refractivity contribution in [2.24, 2.45) is 5.90 Å². The summed E-state index contributed by atoms with van der Waals surface area (Å²) in [5.41, 5.74) is 1.18. The van der Waals surface area contributed by atoms with Crippen molar-refractivity contribution in [3.05, 3.63) is 29.8 Å². The number of nitrogens with two attached hydrogens (primary N) is 1. The summed E-state index contributed by atoms with van der Waals surface area (Å²) in [5, 5.41) is 0. The molecule has 0 bridgehead atoms. The fourth-order valence-electron chi connectivity index (χ4n) is 1.17. The Bertz CT molecular complexity index is 261. The molecular formula is C11H17NO3. The molecule has 0 aliphatic heterocycles. The van der Waals surface area contributed by atoms with E-state index in [4.69, 9.17) is 15.4 Å². The van der Waals surface area contributed by atoms with Crippen molar-refractivity contribution in [3.63, 3.8) is 0 Å². The lowest BCUT2D eigenvalue weighted by Crippen LogP contribution is -2.05. The van der Waals surface area contributed by atoms with Gasteiger partial charge in [0.15, 0.2) is 0 Å². The van der Waals surface area contributed by atoms with Crippen LogP contribution in [0.15, 0.2) is 24.3 Å². The van der Waals surface area contributed by atoms with E-state index in [9.17, 15) is 0 Å². The van der Waals surface area contributed by atoms with Gasteiger partial charge in [-0.05, 0) is 24.1 Å². The first-order chi connectivity index (χ1) is 7.36. The Morgan fingerprint density at radius 2 is 1.80 bits per heavy atom. The van der Waals surface area contributed by atoms with Crippen molar-refractivity contribution in [1.82, 2.24) is 0 Å². The van der Waals surface area contributed by atoms with Gasteiger partial charge in [0.2, 0.25) is 0 Å². The molecule has 4 heteroatoms. The predicted octanol–water partition coefficient (Wildman–Crippen LogP) is 1.14. The number of hydrogen-bond acceptors (Lipinski definition) is 4. The highest BCUT2D eigenvalue weighted by molar-refractivity contribution is 5.27. The minimum Gasteiger partial charge on any atom is -0.491 e. The zero-order valence-corrected chi connectivity index (χ0v) is 8.94. The molecule has 15 heavy (non-hydrogen) atoms. The van der Waals surface area contributed by atoms with Gasteiger partial charge in [-0.15, -0.1) is 0 Å². The summed E-state index contributed by atoms with van der Waals surface area (Å²) in [7, 11) is 1.65. The zero-order valence-electron chi connectivity index (χ0n) is 8.94. The lowest BCUT2D eigenvalue weighted by atomic mass is 10.1. The average Bonchev–Trinajstić information content (AvgIpc) is 2.28. The van der Waals surface area contributed by atoms with Crippen LogP contribution in [-0.2, 0) is 16.0 Å². The molecule has 0 aliphatic carbocycles. The SMILES string of the molecule is COCCOc1ccc(CCON)cc1. The fourth-order valence-corrected chi connectivity index (χ4v) is 1.17. The van der Waals surface area contributed by atoms with E-state index in [1.807, 2.05) is 24.3 Å². The van der Waals surface area contributed by atoms with Crippen molar-refractivity contribution in [3.8, 4) is 5.75 Å². The Labute approximate surface area is 89.9 Å². The molecule has 0 heterocycles. The first kappa shape index (κ1) is 12.0. The maximum atomic E-state index is 5.42. The maximum absolute atomic E-state index is 5.42. The Morgan fingerprint density at radius 1 is 1.07 bits per heavy atom. The van der Waals surface area contributed by atoms with E-state index in [-0.39, 0.29) is 0 Å². The topological polar surface area (TPSA) is 53.7 Å². The van der Waals surface area contributed by atoms with Crippen LogP contribution in [0.3, 0.4) is 0 Å². The first-order valence-electron chi connectivity index (χ1n) is 4.89. The predicted molar refractivity (Wildman–Crippen MR) is 57.7 cm³/mol. The minimum atomic E-state index is 0.532. The molecule has 0 amide bonds. The molecule has 0 fully saturated rings. The van der Waals surface area contributed by atoms with Gasteiger partial charge in [-0.25, -0.2) is 5.90 Å². The Hall–Kier alpha value is -1.10. The lowest BCUT2D eigenvalue weighted by molar-refractivity contribution is 0.141. The highest BCUT2D eigenvalue weighted by Gasteiger charge is 1.95. The summed E-state index contributed by atoms with van der Waals surface area (Å²) in [6.45, 7) is 1.70. The summed E-state index contributed by atoms with van der Waals surface area (Å²) in [6, 6.07) is 7.87. The van der Waals surface area contributed by atoms with E-state index in [1.165, 1.54) is 5.56 Å². The number of hydrogen-bond donors (Lipinski definition) is 1. The third-order valence-electron chi connectivity index (χ3n) is 1.99. The molecule has 1 aromatic carbocycles. The standard InChI is InChI=1S/C11H17NO3/c1-13-8-9-14-11-4-2-10(3-5-11)6-7-15-12/h2-5H,6-9,12H2,1H3. The molecule has 4 nitrogen and oxygen atoms in total. The molecule has 0 saturated heterocycles. The van der Waals surface area contributed by atoms with Crippen LogP contribution in [0.2, 0.25) is 0 Å². The van der Waals surface area contributed by atoms with Gasteiger partial charge in [0, 0.05) is 7.11 Å². The van der Waals surface area contributed by atoms with E-state index in [0.717, 1.165) is 12.2 Å². The maximum Gasteiger partial charge on any atom is 0.119 e. The molecular weight excluding hydrogens is 194 g/mol. The molecule has 1 aromatic rings. The normalized spacial score (nSPS) is 10.3. The van der Waals surface area contributed by atoms with Crippen LogP contribution in [0.4, 0.5) is 0 Å². The molecule has 0 unspecified atom stereocenters. The zero-order chi connectivity index (χ0) is 10.9. The van der Waals surface area contributed by atoms with Crippen molar-refractivity contribution >= 4 is 0 Å². The first-order valence-corrected chi connectivity index (χ1v) is 4.89. The van der Waals surface area contributed by atoms with Crippen LogP contribution in [-0.4, -0.2) is 26.9 Å². The number of rotatable bonds is 7. The third-order valence-corrected chi connectivity index (χ3v) is 1.99. The number of benzene rings is 1. The smallest absolute Gasteiger partial charge is 0.119 e. The molecule has 0 atom stereocenters. The minimum absolute atomic E-state index is 0.532. The highest BCUT2D eigenvalue weighted by atomic mass is 16.6. The quantitative estimate of drug-likeness (QED) is 0.543. The molecule has 0 saturated carbocycles. The van der Waals surface area contributed by atoms with Crippen molar-refractivity contribution in [1.29, 1.82) is 0 Å². The Balaban J connectivity index is 2.35. The van der Waals surface area contributed by atoms with Crippen LogP contribution in [0, 0.1) is 0 Å². The van der Waals surface area contributed by atoms with Gasteiger partial charge in [0.1, 0.15) is 12.4 Å². The molecule has 0 spiro atoms. The van der Waals surface area contributed by atoms with Gasteiger partial charge in [-0.3, -0.25) is 0 Å². The van der Waals surface area contributed by atoms with Crippen LogP contribution >= 0.6 is 0 Å². The average molecular weight is 211 g/mol. The Kier molecular flexibility index (Phi) is 5.77. The second kappa shape index (κ2) is 7.23. The summed E-state index contributed by atoms with van der Waals surface area (Å²) in [4.78, 5) is 4.51. The Morgan fingerprint density at radius 3 is 2.40 bits per heavy atom. The second-order valence-electron chi connectivity index (χ2n) is 3.11. The van der Waals surface area contributed by atoms with Crippen molar-refractivity contribution in [2.75, 3.05) is 26.9 Å². The van der Waals surface area contributed by atoms with E-state index in [2.05, 4.69) is 4.84 Å². The van der Waals surface area contributed by atoms with Crippen LogP contribution < -0.4 is 10.6 Å². The third kappa shape index (κ3) is 4.78. The van der Waals surface area contributed by atoms with Gasteiger partial charge in [-0.1, -0.05) is 12.1 Å². The fraction of sp³-hybridized carbons (Fsp3) is 0.455. The summed E-state index contributed by atoms with van der Waals surface area (Å²) in [5.74, 6) is 5.80. The van der Waals surface area contributed by atoms with E-state index in [1.54, 1.807) is 7.11 Å². The van der Waals surface area contributed by atoms with Crippen LogP contribution in [0.1, 0.15) is 5.56 Å². The molecule has 0 radical (unpaired) electrons. The van der Waals surface area contributed by atoms with Gasteiger partial charge < -0.3 is 14.3 Å². The monoisotopic (exact) mass is 211 g/mol. The van der Waals surface area contributed by atoms with Gasteiger partial charge >= 0.3 is 0 Å². The van der Waals surface area contributed by atoms with E-state index < -0.39 is 0 Å². The van der Waals surface area contributed by atoms with Crippen molar-refractivity contribution in [2.45, 2.75) is 6.42 Å². The van der Waals surface area contributed by atoms with E-state index in [0.29, 0.717) is 19.8 Å². The number of methoxy groups -OCH3 is 1. The largest absolute Gasteiger partial charge is 0.491 e. The summed E-state index contributed by atoms with van der Waals surface area (Å²) >= 11 is 0. The van der Waals surface area contributed by atoms with Gasteiger partial charge in [-0.2, -0.15) is 0 Å². The van der Waals surface area contributed by atoms with Crippen LogP contribution in [0.25, 0.3) is 0 Å². The molecule has 0 aromatic heterocycles.